The maximum atomic E-state index is 13.0. The lowest BCUT2D eigenvalue weighted by molar-refractivity contribution is -0.132. The Morgan fingerprint density at radius 3 is 2.78 bits per heavy atom. The van der Waals surface area contributed by atoms with Crippen LogP contribution in [-0.4, -0.2) is 46.7 Å². The van der Waals surface area contributed by atoms with Crippen LogP contribution in [-0.2, 0) is 11.4 Å². The van der Waals surface area contributed by atoms with E-state index < -0.39 is 6.43 Å². The number of aromatic nitrogens is 1. The molecule has 1 aromatic heterocycles. The largest absolute Gasteiger partial charge is 0.486 e. The van der Waals surface area contributed by atoms with E-state index in [1.165, 1.54) is 18.5 Å². The van der Waals surface area contributed by atoms with Crippen LogP contribution in [0.4, 0.5) is 8.78 Å². The monoisotopic (exact) mass is 378 g/mol. The van der Waals surface area contributed by atoms with Crippen molar-refractivity contribution >= 4 is 5.91 Å². The minimum absolute atomic E-state index is 0.0482. The molecular weight excluding hydrogens is 358 g/mol. The molecule has 27 heavy (non-hydrogen) atoms. The topological polar surface area (TPSA) is 71.9 Å². The lowest BCUT2D eigenvalue weighted by Crippen LogP contribution is -2.34. The van der Waals surface area contributed by atoms with Gasteiger partial charge in [0.2, 0.25) is 0 Å². The minimum Gasteiger partial charge on any atom is -0.486 e. The van der Waals surface area contributed by atoms with Crippen LogP contribution in [0.15, 0.2) is 42.7 Å². The summed E-state index contributed by atoms with van der Waals surface area (Å²) in [6.45, 7) is 0.600. The van der Waals surface area contributed by atoms with Crippen LogP contribution in [0.1, 0.15) is 24.0 Å². The Morgan fingerprint density at radius 2 is 2.07 bits per heavy atom. The Kier molecular flexibility index (Phi) is 6.18. The maximum absolute atomic E-state index is 13.0. The summed E-state index contributed by atoms with van der Waals surface area (Å²) in [6, 6.07) is 8.03. The summed E-state index contributed by atoms with van der Waals surface area (Å²) in [5, 5.41) is 9.01. The van der Waals surface area contributed by atoms with Gasteiger partial charge in [0.15, 0.2) is 6.61 Å². The second kappa shape index (κ2) is 8.77. The number of aliphatic hydroxyl groups excluding tert-OH is 1. The third-order valence-corrected chi connectivity index (χ3v) is 4.31. The molecule has 1 saturated heterocycles. The van der Waals surface area contributed by atoms with Gasteiger partial charge in [0.25, 0.3) is 12.3 Å². The summed E-state index contributed by atoms with van der Waals surface area (Å²) in [4.78, 5) is 17.7. The molecule has 1 N–H and O–H groups in total. The Labute approximate surface area is 155 Å². The number of hydrogen-bond acceptors (Lipinski definition) is 5. The number of ether oxygens (including phenoxy) is 2. The summed E-state index contributed by atoms with van der Waals surface area (Å²) in [5.74, 6) is 0.379. The third-order valence-electron chi connectivity index (χ3n) is 4.31. The number of alkyl halides is 2. The molecule has 1 fully saturated rings. The molecule has 0 saturated carbocycles. The first-order chi connectivity index (χ1) is 13.1. The molecule has 1 amide bonds. The predicted molar refractivity (Wildman–Crippen MR) is 92.7 cm³/mol. The molecule has 2 heterocycles. The molecule has 2 aromatic rings. The molecule has 1 aliphatic rings. The summed E-state index contributed by atoms with van der Waals surface area (Å²) >= 11 is 0. The first kappa shape index (κ1) is 19.0. The number of halogens is 2. The highest BCUT2D eigenvalue weighted by molar-refractivity contribution is 5.78. The van der Waals surface area contributed by atoms with Crippen molar-refractivity contribution in [1.82, 2.24) is 9.88 Å². The Bertz CT molecular complexity index is 771. The van der Waals surface area contributed by atoms with E-state index in [9.17, 15) is 13.6 Å². The molecule has 8 heteroatoms. The summed E-state index contributed by atoms with van der Waals surface area (Å²) < 4.78 is 37.1. The molecule has 1 aliphatic heterocycles. The van der Waals surface area contributed by atoms with Crippen LogP contribution in [0.2, 0.25) is 0 Å². The standard InChI is InChI=1S/C19H20F2N2O4/c20-19(21)16-5-7-22-9-17(16)27-15-6-8-23(10-15)18(25)12-26-14-3-1-13(11-24)2-4-14/h1-5,7,9,15,19,24H,6,8,10-12H2. The van der Waals surface area contributed by atoms with Gasteiger partial charge in [-0.25, -0.2) is 8.78 Å². The molecular formula is C19H20F2N2O4. The van der Waals surface area contributed by atoms with E-state index in [4.69, 9.17) is 14.6 Å². The number of carbonyl (C=O) groups excluding carboxylic acids is 1. The zero-order valence-electron chi connectivity index (χ0n) is 14.6. The van der Waals surface area contributed by atoms with E-state index in [-0.39, 0.29) is 36.5 Å². The average Bonchev–Trinajstić information content (AvgIpc) is 3.15. The number of benzene rings is 1. The van der Waals surface area contributed by atoms with Gasteiger partial charge < -0.3 is 19.5 Å². The smallest absolute Gasteiger partial charge is 0.267 e. The molecule has 6 nitrogen and oxygen atoms in total. The van der Waals surface area contributed by atoms with Crippen molar-refractivity contribution in [2.24, 2.45) is 0 Å². The van der Waals surface area contributed by atoms with Crippen molar-refractivity contribution in [3.63, 3.8) is 0 Å². The normalized spacial score (nSPS) is 16.6. The zero-order valence-corrected chi connectivity index (χ0v) is 14.6. The van der Waals surface area contributed by atoms with Gasteiger partial charge in [-0.3, -0.25) is 9.78 Å². The minimum atomic E-state index is -2.65. The fourth-order valence-corrected chi connectivity index (χ4v) is 2.83. The van der Waals surface area contributed by atoms with Crippen LogP contribution in [0.5, 0.6) is 11.5 Å². The maximum Gasteiger partial charge on any atom is 0.267 e. The van der Waals surface area contributed by atoms with Crippen LogP contribution in [0, 0.1) is 0 Å². The number of carbonyl (C=O) groups is 1. The van der Waals surface area contributed by atoms with Crippen molar-refractivity contribution in [2.45, 2.75) is 25.6 Å². The number of pyridine rings is 1. The van der Waals surface area contributed by atoms with Crippen molar-refractivity contribution in [2.75, 3.05) is 19.7 Å². The fourth-order valence-electron chi connectivity index (χ4n) is 2.83. The number of amides is 1. The van der Waals surface area contributed by atoms with Gasteiger partial charge in [0.1, 0.15) is 17.6 Å². The second-order valence-corrected chi connectivity index (χ2v) is 6.17. The molecule has 144 valence electrons. The molecule has 0 bridgehead atoms. The first-order valence-corrected chi connectivity index (χ1v) is 8.56. The van der Waals surface area contributed by atoms with Crippen molar-refractivity contribution in [1.29, 1.82) is 0 Å². The number of likely N-dealkylation sites (tertiary alicyclic amines) is 1. The van der Waals surface area contributed by atoms with Crippen molar-refractivity contribution < 1.29 is 28.2 Å². The van der Waals surface area contributed by atoms with E-state index in [0.717, 1.165) is 5.56 Å². The predicted octanol–water partition coefficient (Wildman–Crippen LogP) is 2.57. The Hall–Kier alpha value is -2.74. The van der Waals surface area contributed by atoms with Crippen molar-refractivity contribution in [3.8, 4) is 11.5 Å². The second-order valence-electron chi connectivity index (χ2n) is 6.17. The number of nitrogens with zero attached hydrogens (tertiary/aromatic N) is 2. The van der Waals surface area contributed by atoms with Gasteiger partial charge in [0, 0.05) is 19.2 Å². The number of aliphatic hydroxyl groups is 1. The summed E-state index contributed by atoms with van der Waals surface area (Å²) in [6.07, 6.45) is 0.107. The zero-order chi connectivity index (χ0) is 19.2. The van der Waals surface area contributed by atoms with E-state index in [1.807, 2.05) is 0 Å². The third kappa shape index (κ3) is 4.91. The van der Waals surface area contributed by atoms with Gasteiger partial charge in [-0.1, -0.05) is 12.1 Å². The molecule has 3 rings (SSSR count). The molecule has 0 radical (unpaired) electrons. The lowest BCUT2D eigenvalue weighted by Gasteiger charge is -2.18. The van der Waals surface area contributed by atoms with Crippen LogP contribution in [0.3, 0.4) is 0 Å². The average molecular weight is 378 g/mol. The van der Waals surface area contributed by atoms with Gasteiger partial charge in [-0.15, -0.1) is 0 Å². The Balaban J connectivity index is 1.50. The van der Waals surface area contributed by atoms with E-state index in [0.29, 0.717) is 25.3 Å². The first-order valence-electron chi connectivity index (χ1n) is 8.56. The summed E-state index contributed by atoms with van der Waals surface area (Å²) in [7, 11) is 0. The SMILES string of the molecule is O=C(COc1ccc(CO)cc1)N1CCC(Oc2cnccc2C(F)F)C1. The lowest BCUT2D eigenvalue weighted by atomic mass is 10.2. The Morgan fingerprint density at radius 1 is 1.30 bits per heavy atom. The summed E-state index contributed by atoms with van der Waals surface area (Å²) in [5.41, 5.74) is 0.552. The number of rotatable bonds is 7. The van der Waals surface area contributed by atoms with Crippen LogP contribution in [0.25, 0.3) is 0 Å². The van der Waals surface area contributed by atoms with E-state index in [1.54, 1.807) is 29.2 Å². The van der Waals surface area contributed by atoms with Gasteiger partial charge in [-0.2, -0.15) is 0 Å². The molecule has 1 aromatic carbocycles. The fraction of sp³-hybridized carbons (Fsp3) is 0.368. The van der Waals surface area contributed by atoms with Gasteiger partial charge in [-0.05, 0) is 23.8 Å². The van der Waals surface area contributed by atoms with Crippen LogP contribution >= 0.6 is 0 Å². The van der Waals surface area contributed by atoms with Crippen molar-refractivity contribution in [3.05, 3.63) is 53.9 Å². The highest BCUT2D eigenvalue weighted by atomic mass is 19.3. The van der Waals surface area contributed by atoms with Gasteiger partial charge in [0.05, 0.1) is 24.9 Å². The molecule has 1 atom stereocenters. The number of hydrogen-bond donors (Lipinski definition) is 1. The molecule has 0 spiro atoms. The highest BCUT2D eigenvalue weighted by Crippen LogP contribution is 2.29. The van der Waals surface area contributed by atoms with Gasteiger partial charge >= 0.3 is 0 Å². The molecule has 0 aliphatic carbocycles. The molecule has 1 unspecified atom stereocenters. The van der Waals surface area contributed by atoms with Crippen LogP contribution < -0.4 is 9.47 Å². The van der Waals surface area contributed by atoms with E-state index in [2.05, 4.69) is 4.98 Å². The quantitative estimate of drug-likeness (QED) is 0.802. The van der Waals surface area contributed by atoms with E-state index >= 15 is 0 Å². The highest BCUT2D eigenvalue weighted by Gasteiger charge is 2.29.